The summed E-state index contributed by atoms with van der Waals surface area (Å²) in [6, 6.07) is 4.14. The highest BCUT2D eigenvalue weighted by Gasteiger charge is 2.33. The smallest absolute Gasteiger partial charge is 0.266 e. The first-order valence-corrected chi connectivity index (χ1v) is 9.82. The third kappa shape index (κ3) is 4.22. The van der Waals surface area contributed by atoms with Crippen LogP contribution in [0.2, 0.25) is 0 Å². The minimum atomic E-state index is -0.174. The highest BCUT2D eigenvalue weighted by Crippen LogP contribution is 2.33. The predicted octanol–water partition coefficient (Wildman–Crippen LogP) is 3.40. The van der Waals surface area contributed by atoms with Crippen LogP contribution in [0.4, 0.5) is 0 Å². The Morgan fingerprint density at radius 1 is 1.39 bits per heavy atom. The van der Waals surface area contributed by atoms with Gasteiger partial charge in [0.2, 0.25) is 5.91 Å². The Morgan fingerprint density at radius 2 is 2.17 bits per heavy atom. The summed E-state index contributed by atoms with van der Waals surface area (Å²) < 4.78 is 0.455. The van der Waals surface area contributed by atoms with Crippen molar-refractivity contribution in [1.29, 1.82) is 0 Å². The topological polar surface area (TPSA) is 49.4 Å². The van der Waals surface area contributed by atoms with Gasteiger partial charge in [-0.25, -0.2) is 0 Å². The van der Waals surface area contributed by atoms with Gasteiger partial charge in [-0.3, -0.25) is 14.5 Å². The molecule has 2 amide bonds. The summed E-state index contributed by atoms with van der Waals surface area (Å²) in [5, 5.41) is 4.99. The second kappa shape index (κ2) is 7.59. The van der Waals surface area contributed by atoms with E-state index in [4.69, 9.17) is 12.2 Å². The van der Waals surface area contributed by atoms with Gasteiger partial charge < -0.3 is 5.32 Å². The number of carbonyl (C=O) groups excluding carboxylic acids is 2. The molecule has 0 bridgehead atoms. The number of thiocarbonyl (C=S) groups is 1. The van der Waals surface area contributed by atoms with Crippen molar-refractivity contribution in [2.75, 3.05) is 6.54 Å². The second-order valence-electron chi connectivity index (χ2n) is 5.69. The van der Waals surface area contributed by atoms with E-state index in [-0.39, 0.29) is 24.4 Å². The first-order valence-electron chi connectivity index (χ1n) is 7.72. The molecule has 0 aromatic carbocycles. The first kappa shape index (κ1) is 16.7. The van der Waals surface area contributed by atoms with Gasteiger partial charge in [0.1, 0.15) is 10.9 Å². The van der Waals surface area contributed by atoms with Crippen LogP contribution in [-0.2, 0) is 9.59 Å². The average molecular weight is 367 g/mol. The van der Waals surface area contributed by atoms with Crippen LogP contribution in [0, 0.1) is 0 Å². The van der Waals surface area contributed by atoms with Crippen LogP contribution >= 0.6 is 35.3 Å². The van der Waals surface area contributed by atoms with Crippen LogP contribution in [0.15, 0.2) is 22.4 Å². The summed E-state index contributed by atoms with van der Waals surface area (Å²) in [7, 11) is 0. The molecule has 2 heterocycles. The zero-order valence-electron chi connectivity index (χ0n) is 12.6. The molecular formula is C16H18N2O2S3. The number of amides is 2. The predicted molar refractivity (Wildman–Crippen MR) is 99.2 cm³/mol. The van der Waals surface area contributed by atoms with E-state index in [2.05, 4.69) is 5.32 Å². The van der Waals surface area contributed by atoms with Crippen LogP contribution < -0.4 is 5.32 Å². The molecule has 0 unspecified atom stereocenters. The van der Waals surface area contributed by atoms with Gasteiger partial charge in [0, 0.05) is 10.9 Å². The van der Waals surface area contributed by atoms with Crippen LogP contribution in [0.5, 0.6) is 0 Å². The van der Waals surface area contributed by atoms with Gasteiger partial charge >= 0.3 is 0 Å². The molecule has 1 N–H and O–H groups in total. The number of hydrogen-bond acceptors (Lipinski definition) is 5. The lowest BCUT2D eigenvalue weighted by molar-refractivity contribution is -0.129. The van der Waals surface area contributed by atoms with Crippen molar-refractivity contribution in [3.8, 4) is 0 Å². The molecule has 4 nitrogen and oxygen atoms in total. The van der Waals surface area contributed by atoms with Crippen molar-refractivity contribution in [3.05, 3.63) is 27.3 Å². The van der Waals surface area contributed by atoms with Gasteiger partial charge in [0.25, 0.3) is 5.91 Å². The molecule has 1 aliphatic carbocycles. The normalized spacial score (nSPS) is 21.2. The average Bonchev–Trinajstić information content (AvgIpc) is 3.13. The van der Waals surface area contributed by atoms with Gasteiger partial charge in [0.15, 0.2) is 0 Å². The van der Waals surface area contributed by atoms with Gasteiger partial charge in [-0.05, 0) is 30.4 Å². The van der Waals surface area contributed by atoms with E-state index in [1.807, 2.05) is 23.6 Å². The van der Waals surface area contributed by atoms with Crippen LogP contribution in [-0.4, -0.2) is 33.6 Å². The summed E-state index contributed by atoms with van der Waals surface area (Å²) in [5.74, 6) is -0.294. The molecule has 0 radical (unpaired) electrons. The van der Waals surface area contributed by atoms with E-state index in [0.717, 1.165) is 30.6 Å². The highest BCUT2D eigenvalue weighted by molar-refractivity contribution is 8.26. The van der Waals surface area contributed by atoms with E-state index in [1.165, 1.54) is 23.1 Å². The Balaban J connectivity index is 1.60. The molecule has 1 aromatic rings. The number of thiophene rings is 1. The van der Waals surface area contributed by atoms with E-state index in [9.17, 15) is 9.59 Å². The molecule has 3 rings (SSSR count). The molecule has 1 saturated heterocycles. The maximum absolute atomic E-state index is 12.4. The summed E-state index contributed by atoms with van der Waals surface area (Å²) in [6.07, 6.45) is 7.47. The Hall–Kier alpha value is -1.18. The Bertz CT molecular complexity index is 634. The van der Waals surface area contributed by atoms with Crippen molar-refractivity contribution < 1.29 is 9.59 Å². The fraction of sp³-hybridized carbons (Fsp3) is 0.438. The molecule has 1 saturated carbocycles. The van der Waals surface area contributed by atoms with E-state index >= 15 is 0 Å². The summed E-state index contributed by atoms with van der Waals surface area (Å²) in [6.45, 7) is 0.0168. The van der Waals surface area contributed by atoms with Crippen molar-refractivity contribution in [2.45, 2.75) is 38.1 Å². The van der Waals surface area contributed by atoms with Crippen molar-refractivity contribution in [2.24, 2.45) is 0 Å². The number of rotatable bonds is 4. The third-order valence-electron chi connectivity index (χ3n) is 3.96. The Morgan fingerprint density at radius 3 is 2.87 bits per heavy atom. The Kier molecular flexibility index (Phi) is 5.50. The molecule has 2 fully saturated rings. The number of nitrogens with one attached hydrogen (secondary N) is 1. The third-order valence-corrected chi connectivity index (χ3v) is 6.16. The maximum atomic E-state index is 12.4. The van der Waals surface area contributed by atoms with E-state index < -0.39 is 0 Å². The molecule has 23 heavy (non-hydrogen) atoms. The zero-order valence-corrected chi connectivity index (χ0v) is 15.1. The maximum Gasteiger partial charge on any atom is 0.266 e. The molecule has 0 atom stereocenters. The minimum Gasteiger partial charge on any atom is -0.352 e. The monoisotopic (exact) mass is 366 g/mol. The number of thioether (sulfide) groups is 1. The van der Waals surface area contributed by atoms with Gasteiger partial charge in [-0.2, -0.15) is 0 Å². The molecule has 1 aliphatic heterocycles. The van der Waals surface area contributed by atoms with Crippen molar-refractivity contribution in [3.63, 3.8) is 0 Å². The van der Waals surface area contributed by atoms with Gasteiger partial charge in [0.05, 0.1) is 4.91 Å². The Labute approximate surface area is 149 Å². The largest absolute Gasteiger partial charge is 0.352 e. The molecular weight excluding hydrogens is 348 g/mol. The summed E-state index contributed by atoms with van der Waals surface area (Å²) >= 11 is 8.10. The SMILES string of the molecule is O=C(CN1C(=O)C(=Cc2cccs2)SC1=S)NC1CCCCC1. The highest BCUT2D eigenvalue weighted by atomic mass is 32.2. The summed E-state index contributed by atoms with van der Waals surface area (Å²) in [5.41, 5.74) is 0. The van der Waals surface area contributed by atoms with Crippen molar-refractivity contribution >= 4 is 57.5 Å². The lowest BCUT2D eigenvalue weighted by Gasteiger charge is -2.24. The standard InChI is InChI=1S/C16H18N2O2S3/c19-14(17-11-5-2-1-3-6-11)10-18-15(20)13(23-16(18)21)9-12-7-4-8-22-12/h4,7-9,11H,1-3,5-6,10H2,(H,17,19). The lowest BCUT2D eigenvalue weighted by atomic mass is 9.95. The van der Waals surface area contributed by atoms with Crippen molar-refractivity contribution in [1.82, 2.24) is 10.2 Å². The quantitative estimate of drug-likeness (QED) is 0.655. The minimum absolute atomic E-state index is 0.0168. The zero-order chi connectivity index (χ0) is 16.2. The fourth-order valence-electron chi connectivity index (χ4n) is 2.80. The number of carbonyl (C=O) groups is 2. The fourth-order valence-corrected chi connectivity index (χ4v) is 4.78. The van der Waals surface area contributed by atoms with Crippen LogP contribution in [0.3, 0.4) is 0 Å². The number of hydrogen-bond donors (Lipinski definition) is 1. The molecule has 0 spiro atoms. The number of nitrogens with zero attached hydrogens (tertiary/aromatic N) is 1. The molecule has 7 heteroatoms. The molecule has 122 valence electrons. The lowest BCUT2D eigenvalue weighted by Crippen LogP contribution is -2.44. The van der Waals surface area contributed by atoms with Gasteiger partial charge in [-0.1, -0.05) is 49.3 Å². The van der Waals surface area contributed by atoms with E-state index in [0.29, 0.717) is 9.23 Å². The molecule has 2 aliphatic rings. The summed E-state index contributed by atoms with van der Waals surface area (Å²) in [4.78, 5) is 27.6. The van der Waals surface area contributed by atoms with Gasteiger partial charge in [-0.15, -0.1) is 11.3 Å². The first-order chi connectivity index (χ1) is 11.1. The van der Waals surface area contributed by atoms with E-state index in [1.54, 1.807) is 11.3 Å². The van der Waals surface area contributed by atoms with Crippen LogP contribution in [0.25, 0.3) is 6.08 Å². The molecule has 1 aromatic heterocycles. The van der Waals surface area contributed by atoms with Crippen LogP contribution in [0.1, 0.15) is 37.0 Å². The second-order valence-corrected chi connectivity index (χ2v) is 8.34.